The van der Waals surface area contributed by atoms with Crippen molar-refractivity contribution in [1.82, 2.24) is 0 Å². The smallest absolute Gasteiger partial charge is 0.116 e. The van der Waals surface area contributed by atoms with Crippen LogP contribution < -0.4 is 0 Å². The van der Waals surface area contributed by atoms with E-state index >= 15 is 0 Å². The Hall–Kier alpha value is -1.60. The number of benzene rings is 2. The molecule has 0 saturated heterocycles. The lowest BCUT2D eigenvalue weighted by atomic mass is 9.77. The van der Waals surface area contributed by atoms with Gasteiger partial charge in [-0.1, -0.05) is 44.5 Å². The van der Waals surface area contributed by atoms with Gasteiger partial charge in [0.05, 0.1) is 0 Å². The van der Waals surface area contributed by atoms with Gasteiger partial charge in [0.1, 0.15) is 5.60 Å². The third kappa shape index (κ3) is 2.73. The summed E-state index contributed by atoms with van der Waals surface area (Å²) in [5.74, 6) is 0. The van der Waals surface area contributed by atoms with E-state index in [-0.39, 0.29) is 5.60 Å². The molecule has 25 heavy (non-hydrogen) atoms. The Balaban J connectivity index is 2.39. The van der Waals surface area contributed by atoms with Gasteiger partial charge in [0.15, 0.2) is 0 Å². The first-order chi connectivity index (χ1) is 12.0. The molecule has 0 aliphatic heterocycles. The number of fused-ring (bicyclic) bond motifs is 2. The van der Waals surface area contributed by atoms with Crippen LogP contribution in [0.1, 0.15) is 71.7 Å². The average Bonchev–Trinajstić information content (AvgIpc) is 2.76. The second-order valence-electron chi connectivity index (χ2n) is 7.56. The van der Waals surface area contributed by atoms with E-state index in [1.54, 1.807) is 16.7 Å². The minimum atomic E-state index is -0.369. The van der Waals surface area contributed by atoms with Crippen molar-refractivity contribution in [3.05, 3.63) is 68.8 Å². The van der Waals surface area contributed by atoms with Gasteiger partial charge in [0.25, 0.3) is 0 Å². The van der Waals surface area contributed by atoms with Gasteiger partial charge in [-0.05, 0) is 91.0 Å². The highest BCUT2D eigenvalue weighted by atomic mass is 16.5. The van der Waals surface area contributed by atoms with Gasteiger partial charge in [0, 0.05) is 7.11 Å². The van der Waals surface area contributed by atoms with Gasteiger partial charge in [-0.25, -0.2) is 0 Å². The topological polar surface area (TPSA) is 9.23 Å². The first kappa shape index (κ1) is 18.2. The standard InChI is InChI=1S/C24H32O/c1-7-11-20-16(3)17(4)23-21(19(20)8-2)15-14-18-12-9-10-13-22(18)24(23,5)25-6/h9-10,12-13H,7-8,11,14-15H2,1-6H3. The molecule has 0 spiro atoms. The van der Waals surface area contributed by atoms with Crippen LogP contribution in [-0.4, -0.2) is 7.11 Å². The molecule has 1 aliphatic carbocycles. The van der Waals surface area contributed by atoms with E-state index in [1.165, 1.54) is 40.7 Å². The molecule has 1 aliphatic rings. The highest BCUT2D eigenvalue weighted by molar-refractivity contribution is 5.58. The maximum Gasteiger partial charge on any atom is 0.116 e. The molecule has 2 aromatic carbocycles. The van der Waals surface area contributed by atoms with E-state index < -0.39 is 0 Å². The van der Waals surface area contributed by atoms with E-state index in [2.05, 4.69) is 58.9 Å². The van der Waals surface area contributed by atoms with Crippen molar-refractivity contribution in [2.75, 3.05) is 7.11 Å². The minimum Gasteiger partial charge on any atom is -0.369 e. The zero-order valence-electron chi connectivity index (χ0n) is 16.8. The third-order valence-corrected chi connectivity index (χ3v) is 6.34. The minimum absolute atomic E-state index is 0.369. The van der Waals surface area contributed by atoms with Crippen LogP contribution in [0.15, 0.2) is 24.3 Å². The third-order valence-electron chi connectivity index (χ3n) is 6.34. The van der Waals surface area contributed by atoms with Crippen LogP contribution in [0.5, 0.6) is 0 Å². The second kappa shape index (κ2) is 6.96. The Kier molecular flexibility index (Phi) is 5.06. The van der Waals surface area contributed by atoms with Crippen LogP contribution >= 0.6 is 0 Å². The van der Waals surface area contributed by atoms with E-state index in [0.717, 1.165) is 19.3 Å². The molecule has 134 valence electrons. The van der Waals surface area contributed by atoms with Crippen LogP contribution in [0.4, 0.5) is 0 Å². The molecule has 1 heteroatoms. The summed E-state index contributed by atoms with van der Waals surface area (Å²) in [5.41, 5.74) is 11.4. The molecule has 0 bridgehead atoms. The van der Waals surface area contributed by atoms with Gasteiger partial charge in [-0.15, -0.1) is 0 Å². The van der Waals surface area contributed by atoms with Gasteiger partial charge < -0.3 is 4.74 Å². The van der Waals surface area contributed by atoms with Crippen molar-refractivity contribution in [3.63, 3.8) is 0 Å². The van der Waals surface area contributed by atoms with Crippen molar-refractivity contribution < 1.29 is 4.74 Å². The molecule has 0 radical (unpaired) electrons. The van der Waals surface area contributed by atoms with E-state index in [1.807, 2.05) is 7.11 Å². The molecule has 2 aromatic rings. The number of ether oxygens (including phenoxy) is 1. The summed E-state index contributed by atoms with van der Waals surface area (Å²) in [6, 6.07) is 8.84. The molecular weight excluding hydrogens is 304 g/mol. The van der Waals surface area contributed by atoms with Crippen molar-refractivity contribution in [2.24, 2.45) is 0 Å². The first-order valence-corrected chi connectivity index (χ1v) is 9.77. The Morgan fingerprint density at radius 3 is 2.36 bits per heavy atom. The molecule has 0 amide bonds. The number of hydrogen-bond acceptors (Lipinski definition) is 1. The molecule has 1 atom stereocenters. The lowest BCUT2D eigenvalue weighted by Gasteiger charge is -2.35. The average molecular weight is 337 g/mol. The van der Waals surface area contributed by atoms with Crippen LogP contribution in [-0.2, 0) is 36.0 Å². The fraction of sp³-hybridized carbons (Fsp3) is 0.500. The van der Waals surface area contributed by atoms with Crippen LogP contribution in [0.25, 0.3) is 0 Å². The molecule has 0 N–H and O–H groups in total. The molecule has 1 nitrogen and oxygen atoms in total. The van der Waals surface area contributed by atoms with Crippen molar-refractivity contribution in [2.45, 2.75) is 72.3 Å². The van der Waals surface area contributed by atoms with Crippen LogP contribution in [0, 0.1) is 13.8 Å². The molecule has 3 rings (SSSR count). The maximum atomic E-state index is 6.25. The molecule has 0 aromatic heterocycles. The van der Waals surface area contributed by atoms with E-state index in [4.69, 9.17) is 4.74 Å². The number of rotatable bonds is 4. The van der Waals surface area contributed by atoms with Crippen molar-refractivity contribution in [1.29, 1.82) is 0 Å². The Labute approximate surface area is 153 Å². The predicted molar refractivity (Wildman–Crippen MR) is 107 cm³/mol. The van der Waals surface area contributed by atoms with Gasteiger partial charge >= 0.3 is 0 Å². The summed E-state index contributed by atoms with van der Waals surface area (Å²) >= 11 is 0. The maximum absolute atomic E-state index is 6.25. The predicted octanol–water partition coefficient (Wildman–Crippen LogP) is 5.83. The SMILES string of the molecule is CCCc1c(C)c(C)c2c(c1CC)CCc1ccccc1C2(C)OC. The molecule has 1 unspecified atom stereocenters. The van der Waals surface area contributed by atoms with Crippen molar-refractivity contribution in [3.8, 4) is 0 Å². The Morgan fingerprint density at radius 1 is 1.00 bits per heavy atom. The first-order valence-electron chi connectivity index (χ1n) is 9.77. The molecule has 0 saturated carbocycles. The van der Waals surface area contributed by atoms with Crippen molar-refractivity contribution >= 4 is 0 Å². The monoisotopic (exact) mass is 336 g/mol. The zero-order chi connectivity index (χ0) is 18.2. The highest BCUT2D eigenvalue weighted by Gasteiger charge is 2.38. The van der Waals surface area contributed by atoms with Crippen LogP contribution in [0.3, 0.4) is 0 Å². The number of aryl methyl sites for hydroxylation is 1. The zero-order valence-corrected chi connectivity index (χ0v) is 16.8. The summed E-state index contributed by atoms with van der Waals surface area (Å²) in [7, 11) is 1.87. The highest BCUT2D eigenvalue weighted by Crippen LogP contribution is 2.44. The summed E-state index contributed by atoms with van der Waals surface area (Å²) in [6.07, 6.45) is 5.71. The lowest BCUT2D eigenvalue weighted by molar-refractivity contribution is 0.0379. The van der Waals surface area contributed by atoms with E-state index in [0.29, 0.717) is 0 Å². The largest absolute Gasteiger partial charge is 0.369 e. The van der Waals surface area contributed by atoms with Crippen LogP contribution in [0.2, 0.25) is 0 Å². The Morgan fingerprint density at radius 2 is 1.72 bits per heavy atom. The normalized spacial score (nSPS) is 19.3. The molecule has 0 fully saturated rings. The summed E-state index contributed by atoms with van der Waals surface area (Å²) < 4.78 is 6.25. The second-order valence-corrected chi connectivity index (χ2v) is 7.56. The number of hydrogen-bond donors (Lipinski definition) is 0. The van der Waals surface area contributed by atoms with Gasteiger partial charge in [-0.2, -0.15) is 0 Å². The van der Waals surface area contributed by atoms with E-state index in [9.17, 15) is 0 Å². The van der Waals surface area contributed by atoms with Gasteiger partial charge in [0.2, 0.25) is 0 Å². The lowest BCUT2D eigenvalue weighted by Crippen LogP contribution is -2.29. The fourth-order valence-corrected chi connectivity index (χ4v) is 4.95. The molecule has 0 heterocycles. The number of methoxy groups -OCH3 is 1. The summed E-state index contributed by atoms with van der Waals surface area (Å²) in [4.78, 5) is 0. The van der Waals surface area contributed by atoms with Gasteiger partial charge in [-0.3, -0.25) is 0 Å². The fourth-order valence-electron chi connectivity index (χ4n) is 4.95. The molecular formula is C24H32O. The summed E-state index contributed by atoms with van der Waals surface area (Å²) in [6.45, 7) is 11.5. The summed E-state index contributed by atoms with van der Waals surface area (Å²) in [5, 5.41) is 0. The quantitative estimate of drug-likeness (QED) is 0.683. The Bertz CT molecular complexity index is 787.